The normalized spacial score (nSPS) is 10.8. The Hall–Kier alpha value is -0.650. The number of benzene rings is 1. The molecule has 1 aromatic carbocycles. The molecule has 2 nitrogen and oxygen atoms in total. The molecule has 0 radical (unpaired) electrons. The van der Waals surface area contributed by atoms with E-state index in [2.05, 4.69) is 11.2 Å². The highest BCUT2D eigenvalue weighted by Crippen LogP contribution is 2.12. The lowest BCUT2D eigenvalue weighted by atomic mass is 10.1. The maximum absolute atomic E-state index is 13.4. The minimum absolute atomic E-state index is 0.108. The maximum atomic E-state index is 13.4. The van der Waals surface area contributed by atoms with Gasteiger partial charge in [0, 0.05) is 24.4 Å². The Kier molecular flexibility index (Phi) is 5.88. The molecule has 0 aliphatic carbocycles. The van der Waals surface area contributed by atoms with Crippen molar-refractivity contribution in [1.29, 1.82) is 0 Å². The van der Waals surface area contributed by atoms with E-state index in [0.29, 0.717) is 5.56 Å². The van der Waals surface area contributed by atoms with Crippen LogP contribution in [0.15, 0.2) is 18.2 Å². The van der Waals surface area contributed by atoms with Gasteiger partial charge in [0.05, 0.1) is 0 Å². The molecule has 5 heteroatoms. The van der Waals surface area contributed by atoms with Crippen LogP contribution in [0.1, 0.15) is 11.1 Å². The van der Waals surface area contributed by atoms with E-state index in [-0.39, 0.29) is 10.8 Å². The smallest absolute Gasteiger partial charge is 0.133 e. The van der Waals surface area contributed by atoms with Crippen molar-refractivity contribution in [2.45, 2.75) is 6.54 Å². The highest BCUT2D eigenvalue weighted by molar-refractivity contribution is 7.98. The standard InChI is InChI=1S/C12H17FN2S2/c1-15(5-6-17-2)8-9-3-4-11(13)10(7-9)12(14)16/h3-4,7H,5-6,8H2,1-2H3,(H2,14,16). The molecule has 0 amide bonds. The molecule has 0 saturated heterocycles. The zero-order valence-corrected chi connectivity index (χ0v) is 11.7. The largest absolute Gasteiger partial charge is 0.389 e. The van der Waals surface area contributed by atoms with Crippen molar-refractivity contribution < 1.29 is 4.39 Å². The summed E-state index contributed by atoms with van der Waals surface area (Å²) in [5, 5.41) is 0. The fraction of sp³-hybridized carbons (Fsp3) is 0.417. The second kappa shape index (κ2) is 6.93. The summed E-state index contributed by atoms with van der Waals surface area (Å²) in [5.41, 5.74) is 6.82. The second-order valence-corrected chi connectivity index (χ2v) is 5.33. The predicted molar refractivity (Wildman–Crippen MR) is 77.0 cm³/mol. The van der Waals surface area contributed by atoms with Crippen molar-refractivity contribution in [3.05, 3.63) is 35.1 Å². The van der Waals surface area contributed by atoms with Gasteiger partial charge in [-0.05, 0) is 31.0 Å². The van der Waals surface area contributed by atoms with E-state index in [0.717, 1.165) is 24.4 Å². The van der Waals surface area contributed by atoms with Gasteiger partial charge in [-0.1, -0.05) is 18.3 Å². The Balaban J connectivity index is 2.72. The number of thiocarbonyl (C=S) groups is 1. The van der Waals surface area contributed by atoms with E-state index in [1.807, 2.05) is 18.8 Å². The molecule has 1 aromatic rings. The van der Waals surface area contributed by atoms with E-state index in [9.17, 15) is 4.39 Å². The van der Waals surface area contributed by atoms with Crippen LogP contribution in [0, 0.1) is 5.82 Å². The van der Waals surface area contributed by atoms with Gasteiger partial charge in [-0.3, -0.25) is 0 Å². The van der Waals surface area contributed by atoms with Crippen LogP contribution in [-0.2, 0) is 6.54 Å². The van der Waals surface area contributed by atoms with Crippen molar-refractivity contribution >= 4 is 29.0 Å². The molecule has 0 aliphatic rings. The zero-order chi connectivity index (χ0) is 12.8. The Bertz CT molecular complexity index is 396. The minimum Gasteiger partial charge on any atom is -0.389 e. The Morgan fingerprint density at radius 2 is 2.24 bits per heavy atom. The van der Waals surface area contributed by atoms with E-state index in [1.54, 1.807) is 12.1 Å². The lowest BCUT2D eigenvalue weighted by molar-refractivity contribution is 0.348. The third kappa shape index (κ3) is 4.61. The van der Waals surface area contributed by atoms with Crippen molar-refractivity contribution in [3.63, 3.8) is 0 Å². The lowest BCUT2D eigenvalue weighted by Crippen LogP contribution is -2.21. The molecule has 0 heterocycles. The number of rotatable bonds is 6. The van der Waals surface area contributed by atoms with Crippen LogP contribution < -0.4 is 5.73 Å². The minimum atomic E-state index is -0.354. The van der Waals surface area contributed by atoms with Crippen molar-refractivity contribution in [2.75, 3.05) is 25.6 Å². The van der Waals surface area contributed by atoms with Crippen LogP contribution in [0.4, 0.5) is 4.39 Å². The summed E-state index contributed by atoms with van der Waals surface area (Å²) >= 11 is 6.62. The molecule has 0 spiro atoms. The average Bonchev–Trinajstić information content (AvgIpc) is 2.28. The van der Waals surface area contributed by atoms with Crippen LogP contribution >= 0.6 is 24.0 Å². The van der Waals surface area contributed by atoms with Crippen LogP contribution in [0.3, 0.4) is 0 Å². The number of thioether (sulfide) groups is 1. The first-order valence-electron chi connectivity index (χ1n) is 5.30. The molecule has 0 saturated carbocycles. The Morgan fingerprint density at radius 3 is 2.82 bits per heavy atom. The van der Waals surface area contributed by atoms with Gasteiger partial charge in [0.25, 0.3) is 0 Å². The number of nitrogens with zero attached hydrogens (tertiary/aromatic N) is 1. The molecular formula is C12H17FN2S2. The van der Waals surface area contributed by atoms with Crippen molar-refractivity contribution in [1.82, 2.24) is 4.90 Å². The lowest BCUT2D eigenvalue weighted by Gasteiger charge is -2.16. The topological polar surface area (TPSA) is 29.3 Å². The summed E-state index contributed by atoms with van der Waals surface area (Å²) in [5.74, 6) is 0.729. The van der Waals surface area contributed by atoms with Gasteiger partial charge in [0.2, 0.25) is 0 Å². The molecule has 0 aromatic heterocycles. The highest BCUT2D eigenvalue weighted by Gasteiger charge is 2.07. The fourth-order valence-corrected chi connectivity index (χ4v) is 2.15. The second-order valence-electron chi connectivity index (χ2n) is 3.91. The van der Waals surface area contributed by atoms with Gasteiger partial charge in [-0.25, -0.2) is 4.39 Å². The van der Waals surface area contributed by atoms with E-state index in [4.69, 9.17) is 18.0 Å². The van der Waals surface area contributed by atoms with Crippen molar-refractivity contribution in [2.24, 2.45) is 5.73 Å². The maximum Gasteiger partial charge on any atom is 0.133 e. The average molecular weight is 272 g/mol. The van der Waals surface area contributed by atoms with Crippen molar-refractivity contribution in [3.8, 4) is 0 Å². The summed E-state index contributed by atoms with van der Waals surface area (Å²) in [7, 11) is 2.04. The van der Waals surface area contributed by atoms with Gasteiger partial charge in [0.15, 0.2) is 0 Å². The third-order valence-corrected chi connectivity index (χ3v) is 3.24. The molecule has 0 unspecified atom stereocenters. The SMILES string of the molecule is CSCCN(C)Cc1ccc(F)c(C(N)=S)c1. The molecule has 1 rings (SSSR count). The Morgan fingerprint density at radius 1 is 1.53 bits per heavy atom. The number of hydrogen-bond donors (Lipinski definition) is 1. The molecule has 0 atom stereocenters. The summed E-state index contributed by atoms with van der Waals surface area (Å²) in [4.78, 5) is 2.30. The van der Waals surface area contributed by atoms with Crippen LogP contribution in [-0.4, -0.2) is 35.5 Å². The van der Waals surface area contributed by atoms with Crippen LogP contribution in [0.2, 0.25) is 0 Å². The van der Waals surface area contributed by atoms with Gasteiger partial charge < -0.3 is 10.6 Å². The quantitative estimate of drug-likeness (QED) is 0.804. The third-order valence-electron chi connectivity index (χ3n) is 2.43. The fourth-order valence-electron chi connectivity index (χ4n) is 1.50. The summed E-state index contributed by atoms with van der Waals surface area (Å²) in [6.45, 7) is 1.78. The number of hydrogen-bond acceptors (Lipinski definition) is 3. The molecule has 94 valence electrons. The summed E-state index contributed by atoms with van der Waals surface area (Å²) < 4.78 is 13.4. The monoisotopic (exact) mass is 272 g/mol. The van der Waals surface area contributed by atoms with E-state index >= 15 is 0 Å². The Labute approximate surface area is 111 Å². The summed E-state index contributed by atoms with van der Waals surface area (Å²) in [6.07, 6.45) is 2.08. The predicted octanol–water partition coefficient (Wildman–Crippen LogP) is 2.25. The molecular weight excluding hydrogens is 255 g/mol. The molecule has 17 heavy (non-hydrogen) atoms. The van der Waals surface area contributed by atoms with Gasteiger partial charge >= 0.3 is 0 Å². The van der Waals surface area contributed by atoms with Gasteiger partial charge in [-0.15, -0.1) is 0 Å². The van der Waals surface area contributed by atoms with Crippen LogP contribution in [0.25, 0.3) is 0 Å². The summed E-state index contributed by atoms with van der Waals surface area (Å²) in [6, 6.07) is 4.92. The molecule has 2 N–H and O–H groups in total. The highest BCUT2D eigenvalue weighted by atomic mass is 32.2. The first kappa shape index (κ1) is 14.4. The molecule has 0 bridgehead atoms. The van der Waals surface area contributed by atoms with Gasteiger partial charge in [-0.2, -0.15) is 11.8 Å². The van der Waals surface area contributed by atoms with Gasteiger partial charge in [0.1, 0.15) is 10.8 Å². The van der Waals surface area contributed by atoms with E-state index < -0.39 is 0 Å². The van der Waals surface area contributed by atoms with Crippen LogP contribution in [0.5, 0.6) is 0 Å². The molecule has 0 aliphatic heterocycles. The molecule has 0 fully saturated rings. The van der Waals surface area contributed by atoms with E-state index in [1.165, 1.54) is 6.07 Å². The number of nitrogens with two attached hydrogens (primary N) is 1. The first-order chi connectivity index (χ1) is 8.04. The number of halogens is 1. The zero-order valence-electron chi connectivity index (χ0n) is 10.1. The first-order valence-corrected chi connectivity index (χ1v) is 7.10.